The lowest BCUT2D eigenvalue weighted by molar-refractivity contribution is -0.109. The van der Waals surface area contributed by atoms with Crippen LogP contribution in [-0.4, -0.2) is 12.0 Å². The summed E-state index contributed by atoms with van der Waals surface area (Å²) in [6, 6.07) is 0. The monoisotopic (exact) mass is 172 g/mol. The van der Waals surface area contributed by atoms with Gasteiger partial charge in [0, 0.05) is 0 Å². The maximum absolute atomic E-state index is 10.6. The molecular weight excluding hydrogens is 158 g/mol. The van der Waals surface area contributed by atoms with Gasteiger partial charge in [0.1, 0.15) is 6.71 Å². The van der Waals surface area contributed by atoms with E-state index in [9.17, 15) is 4.79 Å². The number of rotatable bonds is 2. The summed E-state index contributed by atoms with van der Waals surface area (Å²) < 4.78 is 0. The minimum absolute atomic E-state index is 0.162. The molecule has 0 aliphatic carbocycles. The van der Waals surface area contributed by atoms with Gasteiger partial charge in [0.05, 0.1) is 0 Å². The third-order valence-corrected chi connectivity index (χ3v) is 2.74. The van der Waals surface area contributed by atoms with Crippen molar-refractivity contribution in [1.29, 1.82) is 0 Å². The van der Waals surface area contributed by atoms with Crippen molar-refractivity contribution >= 4 is 23.6 Å². The minimum atomic E-state index is -0.162. The lowest BCUT2D eigenvalue weighted by atomic mass is 9.39. The van der Waals surface area contributed by atoms with Gasteiger partial charge in [0.25, 0.3) is 0 Å². The second-order valence-electron chi connectivity index (χ2n) is 3.69. The number of carbonyl (C=O) groups is 1. The van der Waals surface area contributed by atoms with Crippen LogP contribution in [0.25, 0.3) is 0 Å². The maximum atomic E-state index is 10.6. The Morgan fingerprint density at radius 1 is 1.55 bits per heavy atom. The van der Waals surface area contributed by atoms with Gasteiger partial charge in [-0.1, -0.05) is 32.4 Å². The summed E-state index contributed by atoms with van der Waals surface area (Å²) in [5, 5.41) is -0.162. The Bertz CT molecular complexity index is 141. The second-order valence-corrected chi connectivity index (χ2v) is 4.11. The largest absolute Gasteiger partial charge is 0.282 e. The van der Waals surface area contributed by atoms with Crippen LogP contribution in [0.3, 0.4) is 0 Å². The Morgan fingerprint density at radius 2 is 2.09 bits per heavy atom. The maximum Gasteiger partial charge on any atom is 0.214 e. The molecule has 0 atom stereocenters. The molecule has 1 rings (SSSR count). The first-order valence-electron chi connectivity index (χ1n) is 4.37. The summed E-state index contributed by atoms with van der Waals surface area (Å²) in [5.41, 5.74) is 0. The fraction of sp³-hybridized carbons (Fsp3) is 0.875. The zero-order valence-electron chi connectivity index (χ0n) is 6.98. The van der Waals surface area contributed by atoms with Crippen molar-refractivity contribution < 1.29 is 4.79 Å². The van der Waals surface area contributed by atoms with Crippen molar-refractivity contribution in [3.8, 4) is 0 Å². The molecule has 0 saturated carbocycles. The summed E-state index contributed by atoms with van der Waals surface area (Å²) in [6.07, 6.45) is 5.52. The van der Waals surface area contributed by atoms with E-state index in [2.05, 4.69) is 6.92 Å². The fourth-order valence-corrected chi connectivity index (χ4v) is 1.98. The molecule has 0 amide bonds. The third kappa shape index (κ3) is 3.28. The molecule has 1 aliphatic rings. The molecule has 62 valence electrons. The molecule has 1 nitrogen and oxygen atoms in total. The Kier molecular flexibility index (Phi) is 3.44. The molecular formula is C8H14BClO. The second kappa shape index (κ2) is 4.15. The molecule has 0 spiro atoms. The zero-order chi connectivity index (χ0) is 8.27. The van der Waals surface area contributed by atoms with E-state index in [1.807, 2.05) is 0 Å². The van der Waals surface area contributed by atoms with Crippen LogP contribution in [0, 0.1) is 5.92 Å². The van der Waals surface area contributed by atoms with E-state index >= 15 is 0 Å². The van der Waals surface area contributed by atoms with Gasteiger partial charge in [-0.2, -0.15) is 0 Å². The van der Waals surface area contributed by atoms with Crippen molar-refractivity contribution in [2.24, 2.45) is 5.92 Å². The van der Waals surface area contributed by atoms with E-state index in [0.717, 1.165) is 5.92 Å². The van der Waals surface area contributed by atoms with E-state index in [4.69, 9.17) is 11.6 Å². The highest BCUT2D eigenvalue weighted by molar-refractivity contribution is 6.74. The molecule has 0 aromatic rings. The molecule has 1 saturated heterocycles. The third-order valence-electron chi connectivity index (χ3n) is 2.58. The molecule has 0 radical (unpaired) electrons. The van der Waals surface area contributed by atoms with Gasteiger partial charge in [-0.25, -0.2) is 0 Å². The van der Waals surface area contributed by atoms with Crippen LogP contribution in [0.15, 0.2) is 0 Å². The lowest BCUT2D eigenvalue weighted by Crippen LogP contribution is -2.21. The van der Waals surface area contributed by atoms with Gasteiger partial charge in [-0.05, 0) is 23.8 Å². The fourth-order valence-electron chi connectivity index (χ4n) is 1.76. The predicted molar refractivity (Wildman–Crippen MR) is 49.4 cm³/mol. The Hall–Kier alpha value is 0.0249. The molecule has 0 unspecified atom stereocenters. The number of halogens is 1. The van der Waals surface area contributed by atoms with Crippen molar-refractivity contribution in [2.45, 2.75) is 38.7 Å². The van der Waals surface area contributed by atoms with Crippen LogP contribution >= 0.6 is 11.6 Å². The van der Waals surface area contributed by atoms with Crippen LogP contribution in [0.2, 0.25) is 19.0 Å². The summed E-state index contributed by atoms with van der Waals surface area (Å²) in [5.74, 6) is 0.858. The SMILES string of the molecule is CC1CCB(CC(=O)Cl)CC1. The first-order chi connectivity index (χ1) is 5.18. The van der Waals surface area contributed by atoms with Crippen molar-refractivity contribution in [2.75, 3.05) is 0 Å². The van der Waals surface area contributed by atoms with Crippen molar-refractivity contribution in [3.05, 3.63) is 0 Å². The van der Waals surface area contributed by atoms with Crippen molar-refractivity contribution in [1.82, 2.24) is 0 Å². The highest BCUT2D eigenvalue weighted by atomic mass is 35.5. The molecule has 0 N–H and O–H groups in total. The van der Waals surface area contributed by atoms with Crippen LogP contribution in [0.5, 0.6) is 0 Å². The molecule has 0 bridgehead atoms. The number of carbonyl (C=O) groups excluding carboxylic acids is 1. The highest BCUT2D eigenvalue weighted by Gasteiger charge is 2.22. The summed E-state index contributed by atoms with van der Waals surface area (Å²) in [4.78, 5) is 10.6. The first kappa shape index (κ1) is 9.12. The van der Waals surface area contributed by atoms with Crippen LogP contribution in [-0.2, 0) is 4.79 Å². The van der Waals surface area contributed by atoms with Gasteiger partial charge in [-0.3, -0.25) is 4.79 Å². The average Bonchev–Trinajstić information content (AvgIpc) is 1.93. The smallest absolute Gasteiger partial charge is 0.214 e. The Morgan fingerprint density at radius 3 is 2.55 bits per heavy atom. The zero-order valence-corrected chi connectivity index (χ0v) is 7.73. The standard InChI is InChI=1S/C8H14BClO/c1-7-2-4-9(5-3-7)6-8(10)11/h7H,2-6H2,1H3. The van der Waals surface area contributed by atoms with Crippen LogP contribution in [0.1, 0.15) is 19.8 Å². The van der Waals surface area contributed by atoms with E-state index in [0.29, 0.717) is 13.0 Å². The summed E-state index contributed by atoms with van der Waals surface area (Å²) >= 11 is 5.31. The van der Waals surface area contributed by atoms with E-state index in [1.165, 1.54) is 25.5 Å². The summed E-state index contributed by atoms with van der Waals surface area (Å²) in [6.45, 7) is 2.86. The average molecular weight is 172 g/mol. The quantitative estimate of drug-likeness (QED) is 0.462. The number of hydrogen-bond donors (Lipinski definition) is 0. The molecule has 11 heavy (non-hydrogen) atoms. The minimum Gasteiger partial charge on any atom is -0.282 e. The molecule has 0 aromatic heterocycles. The van der Waals surface area contributed by atoms with Gasteiger partial charge < -0.3 is 0 Å². The number of hydrogen-bond acceptors (Lipinski definition) is 1. The normalized spacial score (nSPS) is 20.4. The van der Waals surface area contributed by atoms with E-state index in [-0.39, 0.29) is 5.24 Å². The topological polar surface area (TPSA) is 17.1 Å². The Balaban J connectivity index is 2.22. The van der Waals surface area contributed by atoms with Gasteiger partial charge in [-0.15, -0.1) is 0 Å². The molecule has 0 aromatic carbocycles. The van der Waals surface area contributed by atoms with E-state index in [1.54, 1.807) is 0 Å². The van der Waals surface area contributed by atoms with Crippen molar-refractivity contribution in [3.63, 3.8) is 0 Å². The molecule has 1 fully saturated rings. The van der Waals surface area contributed by atoms with Gasteiger partial charge in [0.15, 0.2) is 0 Å². The van der Waals surface area contributed by atoms with Gasteiger partial charge >= 0.3 is 0 Å². The van der Waals surface area contributed by atoms with Crippen LogP contribution < -0.4 is 0 Å². The predicted octanol–water partition coefficient (Wildman–Crippen LogP) is 2.68. The van der Waals surface area contributed by atoms with Crippen LogP contribution in [0.4, 0.5) is 0 Å². The summed E-state index contributed by atoms with van der Waals surface area (Å²) in [7, 11) is 0. The molecule has 1 heterocycles. The lowest BCUT2D eigenvalue weighted by Gasteiger charge is -2.22. The molecule has 3 heteroatoms. The van der Waals surface area contributed by atoms with Gasteiger partial charge in [0.2, 0.25) is 5.24 Å². The highest BCUT2D eigenvalue weighted by Crippen LogP contribution is 2.26. The first-order valence-corrected chi connectivity index (χ1v) is 4.74. The molecule has 1 aliphatic heterocycles. The Labute approximate surface area is 73.6 Å². The van der Waals surface area contributed by atoms with E-state index < -0.39 is 0 Å².